The van der Waals surface area contributed by atoms with Crippen molar-refractivity contribution in [3.63, 3.8) is 0 Å². The van der Waals surface area contributed by atoms with Crippen molar-refractivity contribution >= 4 is 21.8 Å². The molecule has 12 rings (SSSR count). The van der Waals surface area contributed by atoms with Gasteiger partial charge in [-0.15, -0.1) is 0 Å². The summed E-state index contributed by atoms with van der Waals surface area (Å²) in [6.45, 7) is 0. The van der Waals surface area contributed by atoms with Crippen molar-refractivity contribution in [2.45, 2.75) is 0 Å². The Balaban J connectivity index is 0.964. The largest absolute Gasteiger partial charge is 0.309 e. The number of aromatic nitrogens is 3. The van der Waals surface area contributed by atoms with Gasteiger partial charge in [-0.1, -0.05) is 212 Å². The lowest BCUT2D eigenvalue weighted by Crippen LogP contribution is -1.99. The van der Waals surface area contributed by atoms with Gasteiger partial charge in [0, 0.05) is 33.2 Å². The molecule has 0 saturated carbocycles. The van der Waals surface area contributed by atoms with E-state index in [9.17, 15) is 0 Å². The maximum absolute atomic E-state index is 5.42. The monoisotopic (exact) mass is 853 g/mol. The van der Waals surface area contributed by atoms with Crippen LogP contribution in [-0.4, -0.2) is 14.5 Å². The van der Waals surface area contributed by atoms with Gasteiger partial charge < -0.3 is 4.57 Å². The number of para-hydroxylation sites is 2. The number of hydrogen-bond donors (Lipinski definition) is 0. The van der Waals surface area contributed by atoms with E-state index in [4.69, 9.17) is 9.97 Å². The lowest BCUT2D eigenvalue weighted by atomic mass is 9.94. The second-order valence-corrected chi connectivity index (χ2v) is 17.0. The normalized spacial score (nSPS) is 11.3. The molecule has 0 fully saturated rings. The number of nitrogens with zero attached hydrogens (tertiary/aromatic N) is 3. The summed E-state index contributed by atoms with van der Waals surface area (Å²) >= 11 is 0. The Hall–Kier alpha value is -8.92. The Morgan fingerprint density at radius 3 is 1.24 bits per heavy atom. The SMILES string of the molecule is c1ccc(-c2cccc(-c3cccc(-c4ccc(-c5cc(-c6ccccc6-c6cccc(-c7ccccc7)c6)nc(-c6cccc(-n7c8ccccc8c8ccccc87)c6)n5)cc4)c3)c2)cc1. The van der Waals surface area contributed by atoms with Crippen LogP contribution < -0.4 is 0 Å². The van der Waals surface area contributed by atoms with Crippen molar-refractivity contribution in [2.24, 2.45) is 0 Å². The van der Waals surface area contributed by atoms with E-state index in [-0.39, 0.29) is 0 Å². The molecule has 3 nitrogen and oxygen atoms in total. The molecule has 0 atom stereocenters. The van der Waals surface area contributed by atoms with E-state index in [2.05, 4.69) is 265 Å². The quantitative estimate of drug-likeness (QED) is 0.145. The lowest BCUT2D eigenvalue weighted by Gasteiger charge is -2.15. The second-order valence-electron chi connectivity index (χ2n) is 17.0. The third kappa shape index (κ3) is 7.69. The Kier molecular flexibility index (Phi) is 10.2. The van der Waals surface area contributed by atoms with Crippen LogP contribution in [0.4, 0.5) is 0 Å². The first-order valence-electron chi connectivity index (χ1n) is 22.8. The first-order chi connectivity index (χ1) is 33.2. The minimum Gasteiger partial charge on any atom is -0.309 e. The van der Waals surface area contributed by atoms with Crippen LogP contribution in [0, 0.1) is 0 Å². The molecule has 67 heavy (non-hydrogen) atoms. The van der Waals surface area contributed by atoms with Gasteiger partial charge >= 0.3 is 0 Å². The maximum Gasteiger partial charge on any atom is 0.160 e. The molecule has 0 unspecified atom stereocenters. The molecular weight excluding hydrogens is 811 g/mol. The Morgan fingerprint density at radius 2 is 0.642 bits per heavy atom. The summed E-state index contributed by atoms with van der Waals surface area (Å²) in [5.41, 5.74) is 19.8. The van der Waals surface area contributed by atoms with Crippen molar-refractivity contribution in [2.75, 3.05) is 0 Å². The van der Waals surface area contributed by atoms with Crippen LogP contribution in [0.15, 0.2) is 261 Å². The average molecular weight is 854 g/mol. The van der Waals surface area contributed by atoms with E-state index < -0.39 is 0 Å². The van der Waals surface area contributed by atoms with E-state index in [1.54, 1.807) is 0 Å². The summed E-state index contributed by atoms with van der Waals surface area (Å²) in [6, 6.07) is 93.0. The number of rotatable bonds is 9. The molecule has 2 heterocycles. The predicted octanol–water partition coefficient (Wildman–Crippen LogP) is 16.9. The van der Waals surface area contributed by atoms with E-state index in [0.29, 0.717) is 5.82 Å². The zero-order valence-electron chi connectivity index (χ0n) is 36.7. The molecule has 0 aliphatic carbocycles. The van der Waals surface area contributed by atoms with Gasteiger partial charge in [-0.25, -0.2) is 9.97 Å². The number of fused-ring (bicyclic) bond motifs is 3. The highest BCUT2D eigenvalue weighted by Crippen LogP contribution is 2.38. The third-order valence-electron chi connectivity index (χ3n) is 12.8. The van der Waals surface area contributed by atoms with Crippen molar-refractivity contribution in [1.82, 2.24) is 14.5 Å². The predicted molar refractivity (Wildman–Crippen MR) is 280 cm³/mol. The molecule has 10 aromatic carbocycles. The van der Waals surface area contributed by atoms with Crippen LogP contribution in [0.3, 0.4) is 0 Å². The first kappa shape index (κ1) is 39.7. The summed E-state index contributed by atoms with van der Waals surface area (Å²) in [4.78, 5) is 10.8. The molecule has 0 amide bonds. The molecule has 12 aromatic rings. The zero-order chi connectivity index (χ0) is 44.5. The topological polar surface area (TPSA) is 30.7 Å². The highest BCUT2D eigenvalue weighted by atomic mass is 15.0. The van der Waals surface area contributed by atoms with E-state index in [1.165, 1.54) is 44.2 Å². The Labute approximate surface area is 390 Å². The molecule has 0 N–H and O–H groups in total. The zero-order valence-corrected chi connectivity index (χ0v) is 36.7. The van der Waals surface area contributed by atoms with Gasteiger partial charge in [-0.3, -0.25) is 0 Å². The first-order valence-corrected chi connectivity index (χ1v) is 22.8. The Morgan fingerprint density at radius 1 is 0.239 bits per heavy atom. The van der Waals surface area contributed by atoms with Crippen molar-refractivity contribution in [3.05, 3.63) is 261 Å². The van der Waals surface area contributed by atoms with Gasteiger partial charge in [0.2, 0.25) is 0 Å². The van der Waals surface area contributed by atoms with Crippen LogP contribution in [-0.2, 0) is 0 Å². The van der Waals surface area contributed by atoms with Gasteiger partial charge in [-0.05, 0) is 104 Å². The lowest BCUT2D eigenvalue weighted by molar-refractivity contribution is 1.16. The van der Waals surface area contributed by atoms with Crippen molar-refractivity contribution in [1.29, 1.82) is 0 Å². The summed E-state index contributed by atoms with van der Waals surface area (Å²) in [5.74, 6) is 0.664. The van der Waals surface area contributed by atoms with Crippen LogP contribution in [0.25, 0.3) is 117 Å². The van der Waals surface area contributed by atoms with E-state index >= 15 is 0 Å². The minimum atomic E-state index is 0.664. The molecule has 0 aliphatic rings. The van der Waals surface area contributed by atoms with Gasteiger partial charge in [-0.2, -0.15) is 0 Å². The van der Waals surface area contributed by atoms with Crippen LogP contribution in [0.5, 0.6) is 0 Å². The van der Waals surface area contributed by atoms with E-state index in [0.717, 1.165) is 67.1 Å². The fraction of sp³-hybridized carbons (Fsp3) is 0. The smallest absolute Gasteiger partial charge is 0.160 e. The number of benzene rings is 10. The minimum absolute atomic E-state index is 0.664. The van der Waals surface area contributed by atoms with Crippen LogP contribution in [0.1, 0.15) is 0 Å². The average Bonchev–Trinajstić information content (AvgIpc) is 3.76. The molecule has 0 saturated heterocycles. The fourth-order valence-corrected chi connectivity index (χ4v) is 9.52. The molecule has 2 aromatic heterocycles. The number of hydrogen-bond acceptors (Lipinski definition) is 2. The maximum atomic E-state index is 5.42. The van der Waals surface area contributed by atoms with Gasteiger partial charge in [0.05, 0.1) is 22.4 Å². The molecule has 0 radical (unpaired) electrons. The van der Waals surface area contributed by atoms with Gasteiger partial charge in [0.25, 0.3) is 0 Å². The van der Waals surface area contributed by atoms with Crippen LogP contribution in [0.2, 0.25) is 0 Å². The standard InChI is InChI=1S/C64H43N3/c1-3-17-44(18-4-1)48-21-13-24-51(39-48)52-25-14-22-49(40-52)46-35-37-47(38-36-46)60-43-61(57-30-8-7-29-56(57)53-26-15-23-50(41-53)45-19-5-2-6-20-45)66-64(65-60)54-27-16-28-55(42-54)67-62-33-11-9-31-58(62)59-32-10-12-34-63(59)67/h1-43H. The summed E-state index contributed by atoms with van der Waals surface area (Å²) < 4.78 is 2.35. The molecule has 0 bridgehead atoms. The van der Waals surface area contributed by atoms with Gasteiger partial charge in [0.15, 0.2) is 5.82 Å². The van der Waals surface area contributed by atoms with Gasteiger partial charge in [0.1, 0.15) is 0 Å². The Bertz CT molecular complexity index is 3680. The molecular formula is C64H43N3. The molecule has 314 valence electrons. The summed E-state index contributed by atoms with van der Waals surface area (Å²) in [5, 5.41) is 2.45. The molecule has 0 aliphatic heterocycles. The van der Waals surface area contributed by atoms with E-state index in [1.807, 2.05) is 0 Å². The molecule has 0 spiro atoms. The summed E-state index contributed by atoms with van der Waals surface area (Å²) in [6.07, 6.45) is 0. The summed E-state index contributed by atoms with van der Waals surface area (Å²) in [7, 11) is 0. The highest BCUT2D eigenvalue weighted by molar-refractivity contribution is 6.09. The van der Waals surface area contributed by atoms with Crippen LogP contribution >= 0.6 is 0 Å². The van der Waals surface area contributed by atoms with Crippen molar-refractivity contribution < 1.29 is 0 Å². The van der Waals surface area contributed by atoms with Crippen molar-refractivity contribution in [3.8, 4) is 95.2 Å². The fourth-order valence-electron chi connectivity index (χ4n) is 9.52. The third-order valence-corrected chi connectivity index (χ3v) is 12.8. The highest BCUT2D eigenvalue weighted by Gasteiger charge is 2.17. The molecule has 3 heteroatoms. The second kappa shape index (κ2) is 17.2.